The van der Waals surface area contributed by atoms with E-state index in [1.54, 1.807) is 13.3 Å². The molecular weight excluding hydrogens is 234 g/mol. The lowest BCUT2D eigenvalue weighted by Crippen LogP contribution is -2.24. The van der Waals surface area contributed by atoms with Gasteiger partial charge in [-0.3, -0.25) is 5.43 Å². The average molecular weight is 249 g/mol. The standard InChI is InChI=1S/C12H15N3OS/c1-16-11-6-9-4-2-3-8(9)5-10(11)7-14-15-12(13)17/h5-7H,2-4H2,1H3,(H3,13,15,17). The lowest BCUT2D eigenvalue weighted by Gasteiger charge is -2.08. The third-order valence-corrected chi connectivity index (χ3v) is 2.91. The zero-order chi connectivity index (χ0) is 12.3. The Balaban J connectivity index is 2.26. The highest BCUT2D eigenvalue weighted by atomic mass is 32.1. The van der Waals surface area contributed by atoms with Crippen LogP contribution in [-0.2, 0) is 12.8 Å². The molecular formula is C12H15N3OS. The van der Waals surface area contributed by atoms with Gasteiger partial charge in [0, 0.05) is 5.56 Å². The molecule has 0 heterocycles. The van der Waals surface area contributed by atoms with Crippen molar-refractivity contribution in [2.75, 3.05) is 7.11 Å². The number of benzene rings is 1. The minimum absolute atomic E-state index is 0.154. The molecule has 5 heteroatoms. The van der Waals surface area contributed by atoms with Crippen LogP contribution in [0.4, 0.5) is 0 Å². The molecule has 0 fully saturated rings. The van der Waals surface area contributed by atoms with E-state index >= 15 is 0 Å². The van der Waals surface area contributed by atoms with Gasteiger partial charge in [0.15, 0.2) is 5.11 Å². The number of hydrazone groups is 1. The quantitative estimate of drug-likeness (QED) is 0.482. The second-order valence-corrected chi connectivity index (χ2v) is 4.39. The Kier molecular flexibility index (Phi) is 3.58. The van der Waals surface area contributed by atoms with Crippen LogP contribution in [0.2, 0.25) is 0 Å². The largest absolute Gasteiger partial charge is 0.496 e. The summed E-state index contributed by atoms with van der Waals surface area (Å²) in [6, 6.07) is 4.20. The second-order valence-electron chi connectivity index (χ2n) is 3.95. The fraction of sp³-hybridized carbons (Fsp3) is 0.333. The molecule has 0 bridgehead atoms. The lowest BCUT2D eigenvalue weighted by atomic mass is 10.1. The first-order chi connectivity index (χ1) is 8.20. The summed E-state index contributed by atoms with van der Waals surface area (Å²) in [4.78, 5) is 0. The summed E-state index contributed by atoms with van der Waals surface area (Å²) >= 11 is 4.67. The summed E-state index contributed by atoms with van der Waals surface area (Å²) in [6.07, 6.45) is 5.15. The molecule has 0 amide bonds. The van der Waals surface area contributed by atoms with Crippen LogP contribution in [-0.4, -0.2) is 18.4 Å². The molecule has 0 unspecified atom stereocenters. The molecule has 0 radical (unpaired) electrons. The number of methoxy groups -OCH3 is 1. The number of aryl methyl sites for hydroxylation is 2. The third kappa shape index (κ3) is 2.74. The van der Waals surface area contributed by atoms with Crippen molar-refractivity contribution < 1.29 is 4.74 Å². The van der Waals surface area contributed by atoms with Crippen molar-refractivity contribution in [3.8, 4) is 5.75 Å². The van der Waals surface area contributed by atoms with Gasteiger partial charge in [-0.15, -0.1) is 0 Å². The molecule has 17 heavy (non-hydrogen) atoms. The van der Waals surface area contributed by atoms with E-state index in [1.165, 1.54) is 17.5 Å². The number of nitrogens with zero attached hydrogens (tertiary/aromatic N) is 1. The summed E-state index contributed by atoms with van der Waals surface area (Å²) in [5.74, 6) is 0.833. The third-order valence-electron chi connectivity index (χ3n) is 2.82. The molecule has 0 saturated heterocycles. The number of rotatable bonds is 3. The van der Waals surface area contributed by atoms with Crippen molar-refractivity contribution in [3.05, 3.63) is 28.8 Å². The highest BCUT2D eigenvalue weighted by molar-refractivity contribution is 7.80. The predicted molar refractivity (Wildman–Crippen MR) is 72.5 cm³/mol. The van der Waals surface area contributed by atoms with E-state index in [0.29, 0.717) is 0 Å². The number of nitrogens with one attached hydrogen (secondary N) is 1. The smallest absolute Gasteiger partial charge is 0.184 e. The van der Waals surface area contributed by atoms with Gasteiger partial charge in [-0.2, -0.15) is 5.10 Å². The highest BCUT2D eigenvalue weighted by Gasteiger charge is 2.14. The molecule has 2 rings (SSSR count). The summed E-state index contributed by atoms with van der Waals surface area (Å²) in [7, 11) is 1.66. The van der Waals surface area contributed by atoms with Crippen LogP contribution in [0, 0.1) is 0 Å². The number of thiocarbonyl (C=S) groups is 1. The lowest BCUT2D eigenvalue weighted by molar-refractivity contribution is 0.413. The van der Waals surface area contributed by atoms with Gasteiger partial charge in [0.25, 0.3) is 0 Å². The molecule has 90 valence electrons. The van der Waals surface area contributed by atoms with Crippen molar-refractivity contribution >= 4 is 23.5 Å². The Morgan fingerprint density at radius 2 is 2.18 bits per heavy atom. The van der Waals surface area contributed by atoms with Crippen LogP contribution in [0.25, 0.3) is 0 Å². The van der Waals surface area contributed by atoms with E-state index in [4.69, 9.17) is 10.5 Å². The molecule has 1 aliphatic carbocycles. The monoisotopic (exact) mass is 249 g/mol. The van der Waals surface area contributed by atoms with Gasteiger partial charge in [-0.05, 0) is 54.7 Å². The second kappa shape index (κ2) is 5.14. The minimum Gasteiger partial charge on any atom is -0.496 e. The number of hydrogen-bond acceptors (Lipinski definition) is 3. The molecule has 0 aliphatic heterocycles. The van der Waals surface area contributed by atoms with E-state index in [0.717, 1.165) is 24.2 Å². The molecule has 3 N–H and O–H groups in total. The molecule has 1 aliphatic rings. The summed E-state index contributed by atoms with van der Waals surface area (Å²) in [6.45, 7) is 0. The van der Waals surface area contributed by atoms with E-state index in [2.05, 4.69) is 34.9 Å². The Bertz CT molecular complexity index is 471. The first kappa shape index (κ1) is 11.9. The maximum absolute atomic E-state index is 5.35. The van der Waals surface area contributed by atoms with Crippen LogP contribution in [0.15, 0.2) is 17.2 Å². The Hall–Kier alpha value is -1.62. The number of nitrogens with two attached hydrogens (primary N) is 1. The molecule has 0 spiro atoms. The number of ether oxygens (including phenoxy) is 1. The van der Waals surface area contributed by atoms with Crippen LogP contribution in [0.1, 0.15) is 23.1 Å². The average Bonchev–Trinajstić information content (AvgIpc) is 2.74. The van der Waals surface area contributed by atoms with E-state index in [1.807, 2.05) is 0 Å². The molecule has 4 nitrogen and oxygen atoms in total. The van der Waals surface area contributed by atoms with E-state index in [-0.39, 0.29) is 5.11 Å². The fourth-order valence-corrected chi connectivity index (χ4v) is 2.12. The fourth-order valence-electron chi connectivity index (χ4n) is 2.06. The van der Waals surface area contributed by atoms with Crippen LogP contribution in [0.5, 0.6) is 5.75 Å². The Morgan fingerprint density at radius 3 is 2.82 bits per heavy atom. The highest BCUT2D eigenvalue weighted by Crippen LogP contribution is 2.28. The topological polar surface area (TPSA) is 59.6 Å². The van der Waals surface area contributed by atoms with Crippen LogP contribution >= 0.6 is 12.2 Å². The molecule has 0 saturated carbocycles. The molecule has 1 aromatic rings. The van der Waals surface area contributed by atoms with Crippen molar-refractivity contribution in [1.82, 2.24) is 5.43 Å². The van der Waals surface area contributed by atoms with Gasteiger partial charge in [-0.1, -0.05) is 0 Å². The summed E-state index contributed by atoms with van der Waals surface area (Å²) in [5.41, 5.74) is 11.5. The van der Waals surface area contributed by atoms with Gasteiger partial charge in [0.1, 0.15) is 5.75 Å². The van der Waals surface area contributed by atoms with Crippen molar-refractivity contribution in [2.24, 2.45) is 10.8 Å². The Labute approximate surface area is 106 Å². The minimum atomic E-state index is 0.154. The normalized spacial score (nSPS) is 13.7. The maximum Gasteiger partial charge on any atom is 0.184 e. The summed E-state index contributed by atoms with van der Waals surface area (Å²) < 4.78 is 5.35. The van der Waals surface area contributed by atoms with Gasteiger partial charge >= 0.3 is 0 Å². The van der Waals surface area contributed by atoms with Crippen molar-refractivity contribution in [1.29, 1.82) is 0 Å². The van der Waals surface area contributed by atoms with Gasteiger partial charge in [-0.25, -0.2) is 0 Å². The number of fused-ring (bicyclic) bond motifs is 1. The van der Waals surface area contributed by atoms with Crippen molar-refractivity contribution in [3.63, 3.8) is 0 Å². The summed E-state index contributed by atoms with van der Waals surface area (Å²) in [5, 5.41) is 4.11. The Morgan fingerprint density at radius 1 is 1.47 bits per heavy atom. The van der Waals surface area contributed by atoms with E-state index < -0.39 is 0 Å². The SMILES string of the molecule is COc1cc2c(cc1C=NNC(N)=S)CCC2. The van der Waals surface area contributed by atoms with Gasteiger partial charge in [0.05, 0.1) is 13.3 Å². The van der Waals surface area contributed by atoms with Crippen LogP contribution in [0.3, 0.4) is 0 Å². The van der Waals surface area contributed by atoms with Gasteiger partial charge < -0.3 is 10.5 Å². The van der Waals surface area contributed by atoms with Gasteiger partial charge in [0.2, 0.25) is 0 Å². The number of hydrogen-bond donors (Lipinski definition) is 2. The molecule has 1 aromatic carbocycles. The van der Waals surface area contributed by atoms with Crippen molar-refractivity contribution in [2.45, 2.75) is 19.3 Å². The molecule has 0 atom stereocenters. The first-order valence-corrected chi connectivity index (χ1v) is 5.90. The first-order valence-electron chi connectivity index (χ1n) is 5.49. The van der Waals surface area contributed by atoms with E-state index in [9.17, 15) is 0 Å². The molecule has 0 aromatic heterocycles. The van der Waals surface area contributed by atoms with Crippen LogP contribution < -0.4 is 15.9 Å². The maximum atomic E-state index is 5.35. The predicted octanol–water partition coefficient (Wildman–Crippen LogP) is 1.35. The zero-order valence-corrected chi connectivity index (χ0v) is 10.5. The zero-order valence-electron chi connectivity index (χ0n) is 9.69.